The maximum Gasteiger partial charge on any atom is 0.0663 e. The Morgan fingerprint density at radius 1 is 1.35 bits per heavy atom. The molecule has 0 saturated carbocycles. The van der Waals surface area contributed by atoms with Crippen molar-refractivity contribution in [1.82, 2.24) is 0 Å². The van der Waals surface area contributed by atoms with Gasteiger partial charge >= 0.3 is 0 Å². The first kappa shape index (κ1) is 12.2. The zero-order chi connectivity index (χ0) is 12.3. The molecule has 0 amide bonds. The first-order valence-corrected chi connectivity index (χ1v) is 5.97. The van der Waals surface area contributed by atoms with Crippen LogP contribution in [0.1, 0.15) is 18.4 Å². The minimum Gasteiger partial charge on any atom is -0.399 e. The van der Waals surface area contributed by atoms with Crippen LogP contribution >= 0.6 is 0 Å². The molecule has 1 heterocycles. The Morgan fingerprint density at radius 2 is 2.06 bits per heavy atom. The summed E-state index contributed by atoms with van der Waals surface area (Å²) in [5.74, 6) is 0. The number of anilines is 2. The summed E-state index contributed by atoms with van der Waals surface area (Å²) in [6.45, 7) is 3.51. The largest absolute Gasteiger partial charge is 0.399 e. The molecule has 0 aliphatic carbocycles. The minimum atomic E-state index is -0.265. The number of rotatable bonds is 3. The van der Waals surface area contributed by atoms with Gasteiger partial charge in [0.2, 0.25) is 0 Å². The third-order valence-corrected chi connectivity index (χ3v) is 3.26. The van der Waals surface area contributed by atoms with E-state index in [2.05, 4.69) is 5.32 Å². The van der Waals surface area contributed by atoms with E-state index in [1.165, 1.54) is 0 Å². The third kappa shape index (κ3) is 2.90. The van der Waals surface area contributed by atoms with Crippen molar-refractivity contribution in [3.05, 3.63) is 23.8 Å². The van der Waals surface area contributed by atoms with Crippen LogP contribution in [0.4, 0.5) is 11.4 Å². The van der Waals surface area contributed by atoms with Gasteiger partial charge in [-0.1, -0.05) is 0 Å². The van der Waals surface area contributed by atoms with Crippen LogP contribution in [0.5, 0.6) is 0 Å². The van der Waals surface area contributed by atoms with Gasteiger partial charge in [0.15, 0.2) is 0 Å². The van der Waals surface area contributed by atoms with Crippen LogP contribution in [-0.2, 0) is 4.74 Å². The van der Waals surface area contributed by atoms with Gasteiger partial charge in [0, 0.05) is 24.6 Å². The monoisotopic (exact) mass is 236 g/mol. The average Bonchev–Trinajstić information content (AvgIpc) is 2.29. The second kappa shape index (κ2) is 4.94. The van der Waals surface area contributed by atoms with E-state index in [1.54, 1.807) is 0 Å². The molecule has 0 bridgehead atoms. The van der Waals surface area contributed by atoms with Crippen LogP contribution in [0.2, 0.25) is 0 Å². The highest BCUT2D eigenvalue weighted by Crippen LogP contribution is 2.27. The topological polar surface area (TPSA) is 67.5 Å². The van der Waals surface area contributed by atoms with Gasteiger partial charge in [-0.3, -0.25) is 0 Å². The van der Waals surface area contributed by atoms with Crippen molar-refractivity contribution in [2.45, 2.75) is 25.3 Å². The van der Waals surface area contributed by atoms with Gasteiger partial charge in [-0.25, -0.2) is 0 Å². The molecular formula is C13H20N2O2. The molecule has 1 fully saturated rings. The number of aryl methyl sites for hydroxylation is 1. The molecular weight excluding hydrogens is 216 g/mol. The molecule has 1 aliphatic rings. The molecule has 4 N–H and O–H groups in total. The number of nitrogens with two attached hydrogens (primary N) is 1. The maximum atomic E-state index is 9.59. The number of aliphatic hydroxyl groups excluding tert-OH is 1. The van der Waals surface area contributed by atoms with Gasteiger partial charge in [-0.15, -0.1) is 0 Å². The van der Waals surface area contributed by atoms with Crippen molar-refractivity contribution in [2.75, 3.05) is 30.9 Å². The highest BCUT2D eigenvalue weighted by Gasteiger charge is 2.31. The van der Waals surface area contributed by atoms with Gasteiger partial charge < -0.3 is 20.9 Å². The normalized spacial score (nSPS) is 18.9. The molecule has 0 atom stereocenters. The number of hydrogen-bond acceptors (Lipinski definition) is 4. The minimum absolute atomic E-state index is 0.115. The van der Waals surface area contributed by atoms with Crippen molar-refractivity contribution in [3.63, 3.8) is 0 Å². The summed E-state index contributed by atoms with van der Waals surface area (Å²) in [5.41, 5.74) is 8.39. The smallest absolute Gasteiger partial charge is 0.0663 e. The number of nitrogen functional groups attached to an aromatic ring is 1. The number of ether oxygens (including phenoxy) is 1. The van der Waals surface area contributed by atoms with Crippen LogP contribution in [0.15, 0.2) is 18.2 Å². The fourth-order valence-corrected chi connectivity index (χ4v) is 2.28. The Hall–Kier alpha value is -1.26. The first-order valence-electron chi connectivity index (χ1n) is 5.97. The fourth-order valence-electron chi connectivity index (χ4n) is 2.28. The Bertz CT molecular complexity index is 367. The van der Waals surface area contributed by atoms with E-state index in [4.69, 9.17) is 10.5 Å². The van der Waals surface area contributed by atoms with Gasteiger partial charge in [0.1, 0.15) is 0 Å². The van der Waals surface area contributed by atoms with E-state index in [9.17, 15) is 5.11 Å². The molecule has 4 heteroatoms. The molecule has 1 aromatic rings. The Kier molecular flexibility index (Phi) is 3.54. The zero-order valence-electron chi connectivity index (χ0n) is 10.2. The van der Waals surface area contributed by atoms with Gasteiger partial charge in [0.05, 0.1) is 12.1 Å². The standard InChI is InChI=1S/C13H20N2O2/c1-10-6-11(14)8-12(7-10)15-13(9-16)2-4-17-5-3-13/h6-8,15-16H,2-5,9,14H2,1H3. The number of hydrogen-bond donors (Lipinski definition) is 3. The lowest BCUT2D eigenvalue weighted by Gasteiger charge is -2.37. The summed E-state index contributed by atoms with van der Waals surface area (Å²) in [6.07, 6.45) is 1.63. The fraction of sp³-hybridized carbons (Fsp3) is 0.538. The quantitative estimate of drug-likeness (QED) is 0.696. The maximum absolute atomic E-state index is 9.59. The SMILES string of the molecule is Cc1cc(N)cc(NC2(CO)CCOCC2)c1. The van der Waals surface area contributed by atoms with Crippen molar-refractivity contribution in [1.29, 1.82) is 0 Å². The lowest BCUT2D eigenvalue weighted by molar-refractivity contribution is 0.0380. The predicted octanol–water partition coefficient (Wildman–Crippen LogP) is 1.53. The Balaban J connectivity index is 2.17. The lowest BCUT2D eigenvalue weighted by Crippen LogP contribution is -2.46. The van der Waals surface area contributed by atoms with E-state index in [1.807, 2.05) is 25.1 Å². The second-order valence-electron chi connectivity index (χ2n) is 4.81. The summed E-state index contributed by atoms with van der Waals surface area (Å²) < 4.78 is 5.34. The van der Waals surface area contributed by atoms with Crippen LogP contribution in [0.25, 0.3) is 0 Å². The zero-order valence-corrected chi connectivity index (χ0v) is 10.2. The second-order valence-corrected chi connectivity index (χ2v) is 4.81. The van der Waals surface area contributed by atoms with Crippen molar-refractivity contribution < 1.29 is 9.84 Å². The van der Waals surface area contributed by atoms with Gasteiger partial charge in [-0.2, -0.15) is 0 Å². The first-order chi connectivity index (χ1) is 8.13. The molecule has 2 rings (SSSR count). The van der Waals surface area contributed by atoms with Gasteiger partial charge in [0.25, 0.3) is 0 Å². The number of aliphatic hydroxyl groups is 1. The molecule has 1 aliphatic heterocycles. The highest BCUT2D eigenvalue weighted by molar-refractivity contribution is 5.58. The number of nitrogens with one attached hydrogen (secondary N) is 1. The predicted molar refractivity (Wildman–Crippen MR) is 69.1 cm³/mol. The van der Waals surface area contributed by atoms with Crippen molar-refractivity contribution in [3.8, 4) is 0 Å². The van der Waals surface area contributed by atoms with E-state index >= 15 is 0 Å². The highest BCUT2D eigenvalue weighted by atomic mass is 16.5. The molecule has 4 nitrogen and oxygen atoms in total. The van der Waals surface area contributed by atoms with Crippen molar-refractivity contribution in [2.24, 2.45) is 0 Å². The molecule has 1 saturated heterocycles. The molecule has 0 radical (unpaired) electrons. The molecule has 0 aromatic heterocycles. The molecule has 1 aromatic carbocycles. The van der Waals surface area contributed by atoms with E-state index in [0.717, 1.165) is 29.8 Å². The van der Waals surface area contributed by atoms with E-state index < -0.39 is 0 Å². The summed E-state index contributed by atoms with van der Waals surface area (Å²) in [6, 6.07) is 5.88. The van der Waals surface area contributed by atoms with Crippen molar-refractivity contribution >= 4 is 11.4 Å². The summed E-state index contributed by atoms with van der Waals surface area (Å²) in [4.78, 5) is 0. The van der Waals surface area contributed by atoms with Crippen LogP contribution < -0.4 is 11.1 Å². The Morgan fingerprint density at radius 3 is 2.65 bits per heavy atom. The molecule has 0 spiro atoms. The lowest BCUT2D eigenvalue weighted by atomic mass is 9.90. The summed E-state index contributed by atoms with van der Waals surface area (Å²) >= 11 is 0. The molecule has 94 valence electrons. The molecule has 0 unspecified atom stereocenters. The number of benzene rings is 1. The molecule has 17 heavy (non-hydrogen) atoms. The third-order valence-electron chi connectivity index (χ3n) is 3.26. The average molecular weight is 236 g/mol. The van der Waals surface area contributed by atoms with Crippen LogP contribution in [-0.4, -0.2) is 30.5 Å². The van der Waals surface area contributed by atoms with Crippen LogP contribution in [0, 0.1) is 6.92 Å². The summed E-state index contributed by atoms with van der Waals surface area (Å²) in [5, 5.41) is 13.0. The Labute approximate surface area is 102 Å². The van der Waals surface area contributed by atoms with Crippen LogP contribution in [0.3, 0.4) is 0 Å². The summed E-state index contributed by atoms with van der Waals surface area (Å²) in [7, 11) is 0. The van der Waals surface area contributed by atoms with E-state index in [-0.39, 0.29) is 12.1 Å². The van der Waals surface area contributed by atoms with E-state index in [0.29, 0.717) is 13.2 Å². The van der Waals surface area contributed by atoms with Gasteiger partial charge in [-0.05, 0) is 43.5 Å².